The quantitative estimate of drug-likeness (QED) is 0.902. The van der Waals surface area contributed by atoms with E-state index < -0.39 is 5.91 Å². The summed E-state index contributed by atoms with van der Waals surface area (Å²) in [6, 6.07) is 11.5. The minimum atomic E-state index is -0.541. The number of hydrogen-bond acceptors (Lipinski definition) is 3. The monoisotopic (exact) mass is 277 g/mol. The summed E-state index contributed by atoms with van der Waals surface area (Å²) in [5.41, 5.74) is 6.28. The Morgan fingerprint density at radius 1 is 1.21 bits per heavy atom. The number of hydrogen-bond donors (Lipinski definition) is 2. The Hall–Kier alpha value is -2.04. The Bertz CT molecular complexity index is 596. The van der Waals surface area contributed by atoms with Crippen molar-refractivity contribution in [3.63, 3.8) is 0 Å². The summed E-state index contributed by atoms with van der Waals surface area (Å²) in [6.45, 7) is -0.0195. The summed E-state index contributed by atoms with van der Waals surface area (Å²) < 4.78 is 5.58. The van der Waals surface area contributed by atoms with Gasteiger partial charge in [-0.2, -0.15) is 0 Å². The van der Waals surface area contributed by atoms with Crippen LogP contribution in [-0.2, 0) is 6.61 Å². The molecule has 0 radical (unpaired) electrons. The van der Waals surface area contributed by atoms with Gasteiger partial charge in [0.05, 0.1) is 11.6 Å². The first kappa shape index (κ1) is 13.4. The van der Waals surface area contributed by atoms with Crippen molar-refractivity contribution in [1.82, 2.24) is 0 Å². The Morgan fingerprint density at radius 3 is 2.42 bits per heavy atom. The standard InChI is InChI=1S/C14H12ClNO3/c15-12-7-10(14(16)18)3-6-13(12)19-11-4-1-9(8-17)2-5-11/h1-7,17H,8H2,(H2,16,18). The molecule has 0 aliphatic rings. The van der Waals surface area contributed by atoms with Crippen LogP contribution in [0.15, 0.2) is 42.5 Å². The van der Waals surface area contributed by atoms with Gasteiger partial charge in [0.25, 0.3) is 0 Å². The minimum Gasteiger partial charge on any atom is -0.456 e. The van der Waals surface area contributed by atoms with E-state index in [1.165, 1.54) is 6.07 Å². The number of halogens is 1. The number of carbonyl (C=O) groups is 1. The van der Waals surface area contributed by atoms with Crippen LogP contribution in [0.3, 0.4) is 0 Å². The normalized spacial score (nSPS) is 10.2. The minimum absolute atomic E-state index is 0.0195. The summed E-state index contributed by atoms with van der Waals surface area (Å²) >= 11 is 6.01. The first-order valence-electron chi connectivity index (χ1n) is 5.57. The molecular formula is C14H12ClNO3. The van der Waals surface area contributed by atoms with Crippen molar-refractivity contribution >= 4 is 17.5 Å². The Labute approximate surface area is 115 Å². The molecule has 98 valence electrons. The summed E-state index contributed by atoms with van der Waals surface area (Å²) in [4.78, 5) is 11.0. The van der Waals surface area contributed by atoms with Gasteiger partial charge in [0, 0.05) is 5.56 Å². The number of benzene rings is 2. The third-order valence-electron chi connectivity index (χ3n) is 2.55. The summed E-state index contributed by atoms with van der Waals surface area (Å²) in [5.74, 6) is 0.482. The second-order valence-corrected chi connectivity index (χ2v) is 4.32. The van der Waals surface area contributed by atoms with Crippen molar-refractivity contribution in [2.24, 2.45) is 5.73 Å². The van der Waals surface area contributed by atoms with Crippen LogP contribution in [0.2, 0.25) is 5.02 Å². The predicted octanol–water partition coefficient (Wildman–Crippen LogP) is 2.72. The molecule has 0 atom stereocenters. The zero-order chi connectivity index (χ0) is 13.8. The molecule has 0 bridgehead atoms. The van der Waals surface area contributed by atoms with Crippen molar-refractivity contribution in [2.45, 2.75) is 6.61 Å². The lowest BCUT2D eigenvalue weighted by molar-refractivity contribution is 0.100. The van der Waals surface area contributed by atoms with Crippen molar-refractivity contribution in [3.05, 3.63) is 58.6 Å². The van der Waals surface area contributed by atoms with Gasteiger partial charge >= 0.3 is 0 Å². The van der Waals surface area contributed by atoms with Gasteiger partial charge in [-0.15, -0.1) is 0 Å². The van der Waals surface area contributed by atoms with Crippen molar-refractivity contribution in [3.8, 4) is 11.5 Å². The average Bonchev–Trinajstić information content (AvgIpc) is 2.41. The second kappa shape index (κ2) is 5.73. The number of aliphatic hydroxyl groups is 1. The van der Waals surface area contributed by atoms with Gasteiger partial charge in [0.1, 0.15) is 11.5 Å². The highest BCUT2D eigenvalue weighted by atomic mass is 35.5. The zero-order valence-corrected chi connectivity index (χ0v) is 10.7. The van der Waals surface area contributed by atoms with Gasteiger partial charge in [-0.1, -0.05) is 23.7 Å². The molecule has 2 aromatic carbocycles. The van der Waals surface area contributed by atoms with Gasteiger partial charge < -0.3 is 15.6 Å². The molecule has 0 saturated carbocycles. The number of rotatable bonds is 4. The molecule has 2 aromatic rings. The predicted molar refractivity (Wildman–Crippen MR) is 72.4 cm³/mol. The maximum Gasteiger partial charge on any atom is 0.248 e. The van der Waals surface area contributed by atoms with E-state index in [2.05, 4.69) is 0 Å². The smallest absolute Gasteiger partial charge is 0.248 e. The van der Waals surface area contributed by atoms with Crippen LogP contribution in [-0.4, -0.2) is 11.0 Å². The van der Waals surface area contributed by atoms with Crippen LogP contribution in [0, 0.1) is 0 Å². The summed E-state index contributed by atoms with van der Waals surface area (Å²) in [5, 5.41) is 9.25. The molecule has 0 aliphatic heterocycles. The molecule has 4 nitrogen and oxygen atoms in total. The summed E-state index contributed by atoms with van der Waals surface area (Å²) in [7, 11) is 0. The lowest BCUT2D eigenvalue weighted by Gasteiger charge is -2.08. The number of nitrogens with two attached hydrogens (primary N) is 1. The van der Waals surface area contributed by atoms with E-state index in [4.69, 9.17) is 27.2 Å². The zero-order valence-electron chi connectivity index (χ0n) is 9.97. The van der Waals surface area contributed by atoms with E-state index in [0.717, 1.165) is 5.56 Å². The third kappa shape index (κ3) is 3.24. The second-order valence-electron chi connectivity index (χ2n) is 3.91. The molecule has 5 heteroatoms. The first-order valence-corrected chi connectivity index (χ1v) is 5.95. The molecule has 0 saturated heterocycles. The van der Waals surface area contributed by atoms with Crippen LogP contribution < -0.4 is 10.5 Å². The van der Waals surface area contributed by atoms with Crippen LogP contribution in [0.1, 0.15) is 15.9 Å². The molecule has 19 heavy (non-hydrogen) atoms. The Morgan fingerprint density at radius 2 is 1.89 bits per heavy atom. The molecule has 0 spiro atoms. The van der Waals surface area contributed by atoms with Crippen LogP contribution >= 0.6 is 11.6 Å². The molecule has 0 unspecified atom stereocenters. The van der Waals surface area contributed by atoms with Gasteiger partial charge in [0.2, 0.25) is 5.91 Å². The van der Waals surface area contributed by atoms with Crippen LogP contribution in [0.25, 0.3) is 0 Å². The fourth-order valence-electron chi connectivity index (χ4n) is 1.53. The topological polar surface area (TPSA) is 72.6 Å². The fraction of sp³-hybridized carbons (Fsp3) is 0.0714. The number of aliphatic hydroxyl groups excluding tert-OH is 1. The van der Waals surface area contributed by atoms with Crippen LogP contribution in [0.4, 0.5) is 0 Å². The SMILES string of the molecule is NC(=O)c1ccc(Oc2ccc(CO)cc2)c(Cl)c1. The van der Waals surface area contributed by atoms with Crippen molar-refractivity contribution in [2.75, 3.05) is 0 Å². The van der Waals surface area contributed by atoms with Crippen molar-refractivity contribution in [1.29, 1.82) is 0 Å². The molecule has 1 amide bonds. The van der Waals surface area contributed by atoms with Gasteiger partial charge in [-0.05, 0) is 35.9 Å². The number of primary amides is 1. The van der Waals surface area contributed by atoms with E-state index in [0.29, 0.717) is 22.1 Å². The van der Waals surface area contributed by atoms with Crippen LogP contribution in [0.5, 0.6) is 11.5 Å². The van der Waals surface area contributed by atoms with E-state index >= 15 is 0 Å². The number of amides is 1. The van der Waals surface area contributed by atoms with Crippen molar-refractivity contribution < 1.29 is 14.6 Å². The molecular weight excluding hydrogens is 266 g/mol. The lowest BCUT2D eigenvalue weighted by Crippen LogP contribution is -2.10. The molecule has 0 aliphatic carbocycles. The summed E-state index contributed by atoms with van der Waals surface area (Å²) in [6.07, 6.45) is 0. The molecule has 0 heterocycles. The van der Waals surface area contributed by atoms with E-state index in [1.807, 2.05) is 0 Å². The average molecular weight is 278 g/mol. The Kier molecular flexibility index (Phi) is 4.04. The van der Waals surface area contributed by atoms with E-state index in [9.17, 15) is 4.79 Å². The number of ether oxygens (including phenoxy) is 1. The van der Waals surface area contributed by atoms with Gasteiger partial charge in [-0.3, -0.25) is 4.79 Å². The first-order chi connectivity index (χ1) is 9.10. The maximum absolute atomic E-state index is 11.0. The Balaban J connectivity index is 2.20. The van der Waals surface area contributed by atoms with Gasteiger partial charge in [-0.25, -0.2) is 0 Å². The van der Waals surface area contributed by atoms with E-state index in [1.54, 1.807) is 36.4 Å². The third-order valence-corrected chi connectivity index (χ3v) is 2.85. The highest BCUT2D eigenvalue weighted by Crippen LogP contribution is 2.30. The molecule has 3 N–H and O–H groups in total. The highest BCUT2D eigenvalue weighted by Gasteiger charge is 2.07. The van der Waals surface area contributed by atoms with E-state index in [-0.39, 0.29) is 6.61 Å². The fourth-order valence-corrected chi connectivity index (χ4v) is 1.75. The lowest BCUT2D eigenvalue weighted by atomic mass is 10.2. The maximum atomic E-state index is 11.0. The number of carbonyl (C=O) groups excluding carboxylic acids is 1. The van der Waals surface area contributed by atoms with Gasteiger partial charge in [0.15, 0.2) is 0 Å². The molecule has 2 rings (SSSR count). The highest BCUT2D eigenvalue weighted by molar-refractivity contribution is 6.32. The largest absolute Gasteiger partial charge is 0.456 e. The molecule has 0 aromatic heterocycles. The molecule has 0 fully saturated rings.